The molecule has 4 heteroatoms. The Bertz CT molecular complexity index is 450. The first-order valence-corrected chi connectivity index (χ1v) is 4.94. The van der Waals surface area contributed by atoms with Crippen LogP contribution in [0.3, 0.4) is 0 Å². The van der Waals surface area contributed by atoms with Crippen LogP contribution >= 0.6 is 11.3 Å². The molecule has 2 rings (SSSR count). The number of pyridine rings is 1. The number of hydrogen-bond acceptors (Lipinski definition) is 4. The molecule has 0 aliphatic heterocycles. The Morgan fingerprint density at radius 3 is 2.86 bits per heavy atom. The first-order valence-electron chi connectivity index (χ1n) is 4.07. The lowest BCUT2D eigenvalue weighted by molar-refractivity contribution is 0.103. The number of carbonyl (C=O) groups is 1. The van der Waals surface area contributed by atoms with Crippen LogP contribution in [0.5, 0.6) is 0 Å². The molecule has 2 N–H and O–H groups in total. The first kappa shape index (κ1) is 8.90. The van der Waals surface area contributed by atoms with E-state index in [0.717, 1.165) is 0 Å². The van der Waals surface area contributed by atoms with Crippen molar-refractivity contribution in [3.8, 4) is 0 Å². The summed E-state index contributed by atoms with van der Waals surface area (Å²) in [6.07, 6.45) is 3.17. The molecule has 2 aromatic rings. The van der Waals surface area contributed by atoms with Gasteiger partial charge in [0, 0.05) is 18.0 Å². The minimum absolute atomic E-state index is 0.0724. The second-order valence-electron chi connectivity index (χ2n) is 2.77. The summed E-state index contributed by atoms with van der Waals surface area (Å²) in [7, 11) is 0. The van der Waals surface area contributed by atoms with Gasteiger partial charge in [-0.15, -0.1) is 11.3 Å². The van der Waals surface area contributed by atoms with Gasteiger partial charge >= 0.3 is 0 Å². The number of rotatable bonds is 2. The summed E-state index contributed by atoms with van der Waals surface area (Å²) in [5, 5.41) is 2.36. The summed E-state index contributed by atoms with van der Waals surface area (Å²) in [6, 6.07) is 5.19. The van der Waals surface area contributed by atoms with Crippen LogP contribution in [0, 0.1) is 0 Å². The number of nitrogens with two attached hydrogens (primary N) is 1. The van der Waals surface area contributed by atoms with Gasteiger partial charge in [-0.05, 0) is 23.6 Å². The molecule has 0 aliphatic rings. The molecule has 0 saturated carbocycles. The molecule has 0 unspecified atom stereocenters. The van der Waals surface area contributed by atoms with Gasteiger partial charge in [-0.3, -0.25) is 9.78 Å². The van der Waals surface area contributed by atoms with Crippen molar-refractivity contribution in [3.05, 3.63) is 47.1 Å². The molecule has 0 atom stereocenters. The van der Waals surface area contributed by atoms with Crippen LogP contribution in [-0.4, -0.2) is 10.8 Å². The fourth-order valence-corrected chi connectivity index (χ4v) is 1.80. The van der Waals surface area contributed by atoms with E-state index in [9.17, 15) is 4.79 Å². The number of thiophene rings is 1. The highest BCUT2D eigenvalue weighted by Crippen LogP contribution is 2.21. The zero-order valence-corrected chi connectivity index (χ0v) is 8.12. The lowest BCUT2D eigenvalue weighted by Crippen LogP contribution is -2.02. The lowest BCUT2D eigenvalue weighted by Gasteiger charge is -1.98. The first-order chi connectivity index (χ1) is 6.79. The highest BCUT2D eigenvalue weighted by atomic mass is 32.1. The van der Waals surface area contributed by atoms with Crippen molar-refractivity contribution in [1.29, 1.82) is 0 Å². The highest BCUT2D eigenvalue weighted by molar-refractivity contribution is 7.14. The lowest BCUT2D eigenvalue weighted by atomic mass is 10.1. The Kier molecular flexibility index (Phi) is 2.28. The number of aromatic nitrogens is 1. The maximum absolute atomic E-state index is 11.8. The van der Waals surface area contributed by atoms with Gasteiger partial charge in [-0.1, -0.05) is 0 Å². The van der Waals surface area contributed by atoms with Gasteiger partial charge in [0.25, 0.3) is 0 Å². The molecule has 14 heavy (non-hydrogen) atoms. The third-order valence-corrected chi connectivity index (χ3v) is 2.61. The topological polar surface area (TPSA) is 56.0 Å². The molecule has 0 aromatic carbocycles. The molecule has 2 heterocycles. The summed E-state index contributed by atoms with van der Waals surface area (Å²) in [4.78, 5) is 15.7. The van der Waals surface area contributed by atoms with Gasteiger partial charge in [0.1, 0.15) is 0 Å². The summed E-state index contributed by atoms with van der Waals surface area (Å²) in [5.74, 6) is -0.0724. The largest absolute Gasteiger partial charge is 0.390 e. The second-order valence-corrected chi connectivity index (χ2v) is 3.72. The van der Waals surface area contributed by atoms with Gasteiger partial charge < -0.3 is 5.73 Å². The molecule has 0 fully saturated rings. The third kappa shape index (κ3) is 1.52. The Hall–Kier alpha value is -1.68. The van der Waals surface area contributed by atoms with Crippen LogP contribution in [0.4, 0.5) is 5.00 Å². The van der Waals surface area contributed by atoms with Crippen molar-refractivity contribution in [2.24, 2.45) is 0 Å². The zero-order valence-electron chi connectivity index (χ0n) is 7.31. The van der Waals surface area contributed by atoms with E-state index in [4.69, 9.17) is 5.73 Å². The molecule has 0 spiro atoms. The van der Waals surface area contributed by atoms with E-state index in [-0.39, 0.29) is 5.78 Å². The zero-order chi connectivity index (χ0) is 9.97. The summed E-state index contributed by atoms with van der Waals surface area (Å²) >= 11 is 1.36. The molecule has 0 bridgehead atoms. The van der Waals surface area contributed by atoms with Crippen LogP contribution < -0.4 is 5.73 Å². The van der Waals surface area contributed by atoms with E-state index < -0.39 is 0 Å². The fourth-order valence-electron chi connectivity index (χ4n) is 1.16. The van der Waals surface area contributed by atoms with E-state index in [1.165, 1.54) is 11.3 Å². The van der Waals surface area contributed by atoms with E-state index in [1.807, 2.05) is 0 Å². The van der Waals surface area contributed by atoms with E-state index in [1.54, 1.807) is 36.0 Å². The molecule has 70 valence electrons. The van der Waals surface area contributed by atoms with Gasteiger partial charge in [-0.2, -0.15) is 0 Å². The van der Waals surface area contributed by atoms with E-state index >= 15 is 0 Å². The van der Waals surface area contributed by atoms with Crippen molar-refractivity contribution >= 4 is 22.1 Å². The number of ketones is 1. The van der Waals surface area contributed by atoms with Gasteiger partial charge in [0.2, 0.25) is 0 Å². The smallest absolute Gasteiger partial charge is 0.197 e. The predicted molar refractivity (Wildman–Crippen MR) is 56.4 cm³/mol. The quantitative estimate of drug-likeness (QED) is 0.761. The second kappa shape index (κ2) is 3.59. The molecule has 2 aromatic heterocycles. The maximum Gasteiger partial charge on any atom is 0.197 e. The molecule has 0 saturated heterocycles. The Labute approximate surface area is 85.2 Å². The highest BCUT2D eigenvalue weighted by Gasteiger charge is 2.12. The standard InChI is InChI=1S/C10H8N2OS/c11-10-8(3-5-14-10)9(13)7-2-1-4-12-6-7/h1-6H,11H2. The number of hydrogen-bond donors (Lipinski definition) is 1. The Balaban J connectivity index is 2.39. The number of nitrogens with zero attached hydrogens (tertiary/aromatic N) is 1. The van der Waals surface area contributed by atoms with Crippen molar-refractivity contribution in [2.45, 2.75) is 0 Å². The fraction of sp³-hybridized carbons (Fsp3) is 0. The molecule has 0 amide bonds. The maximum atomic E-state index is 11.8. The van der Waals surface area contributed by atoms with Crippen molar-refractivity contribution < 1.29 is 4.79 Å². The number of nitrogen functional groups attached to an aromatic ring is 1. The van der Waals surface area contributed by atoms with Crippen molar-refractivity contribution in [3.63, 3.8) is 0 Å². The van der Waals surface area contributed by atoms with Crippen LogP contribution in [0.25, 0.3) is 0 Å². The van der Waals surface area contributed by atoms with E-state index in [0.29, 0.717) is 16.1 Å². The van der Waals surface area contributed by atoms with Crippen LogP contribution in [-0.2, 0) is 0 Å². The van der Waals surface area contributed by atoms with Gasteiger partial charge in [0.05, 0.1) is 10.6 Å². The van der Waals surface area contributed by atoms with Crippen molar-refractivity contribution in [1.82, 2.24) is 4.98 Å². The van der Waals surface area contributed by atoms with Crippen molar-refractivity contribution in [2.75, 3.05) is 5.73 Å². The van der Waals surface area contributed by atoms with Crippen LogP contribution in [0.2, 0.25) is 0 Å². The minimum atomic E-state index is -0.0724. The van der Waals surface area contributed by atoms with Gasteiger partial charge in [0.15, 0.2) is 5.78 Å². The third-order valence-electron chi connectivity index (χ3n) is 1.86. The predicted octanol–water partition coefficient (Wildman–Crippen LogP) is 1.96. The number of carbonyl (C=O) groups excluding carboxylic acids is 1. The van der Waals surface area contributed by atoms with Crippen LogP contribution in [0.1, 0.15) is 15.9 Å². The van der Waals surface area contributed by atoms with Crippen LogP contribution in [0.15, 0.2) is 36.0 Å². The normalized spacial score (nSPS) is 10.0. The summed E-state index contributed by atoms with van der Waals surface area (Å²) < 4.78 is 0. The SMILES string of the molecule is Nc1sccc1C(=O)c1cccnc1. The average Bonchev–Trinajstić information content (AvgIpc) is 2.65. The Morgan fingerprint density at radius 1 is 1.43 bits per heavy atom. The monoisotopic (exact) mass is 204 g/mol. The molecular formula is C10H8N2OS. The molecule has 0 radical (unpaired) electrons. The number of anilines is 1. The summed E-state index contributed by atoms with van der Waals surface area (Å²) in [5.41, 5.74) is 6.78. The molecule has 3 nitrogen and oxygen atoms in total. The van der Waals surface area contributed by atoms with Gasteiger partial charge in [-0.25, -0.2) is 0 Å². The summed E-state index contributed by atoms with van der Waals surface area (Å²) in [6.45, 7) is 0. The average molecular weight is 204 g/mol. The molecule has 0 aliphatic carbocycles. The molecular weight excluding hydrogens is 196 g/mol. The van der Waals surface area contributed by atoms with E-state index in [2.05, 4.69) is 4.98 Å². The Morgan fingerprint density at radius 2 is 2.29 bits per heavy atom. The minimum Gasteiger partial charge on any atom is -0.390 e.